The van der Waals surface area contributed by atoms with Crippen LogP contribution in [0.1, 0.15) is 130 Å². The molecule has 0 saturated carbocycles. The van der Waals surface area contributed by atoms with Gasteiger partial charge in [0, 0.05) is 10.5 Å². The Kier molecular flexibility index (Phi) is 8.82. The number of hydrogen-bond donors (Lipinski definition) is 0. The maximum Gasteiger partial charge on any atom is 0.0177 e. The van der Waals surface area contributed by atoms with Gasteiger partial charge >= 0.3 is 0 Å². The molecule has 0 aromatic heterocycles. The Bertz CT molecular complexity index is 1840. The van der Waals surface area contributed by atoms with Crippen molar-refractivity contribution in [3.05, 3.63) is 117 Å². The fraction of sp³-hybridized carbons (Fsp3) is 0.500. The molecular formula is C48H62S. The Hall–Kier alpha value is -2.77. The first-order valence-corrected chi connectivity index (χ1v) is 21.9. The standard InChI is InChI=1S/C48H62S/c1-30(2)40-29-41-37(32-19-23-35(24-20-32)47(4,5)6)17-14-18-39(41)46(40)49(10,11)45-31(3)27-42-43(45)28-34-15-12-13-16-38(34)44(42)33-21-25-36(26-22-33)48(7,8)9/h14,17-26,28,30-31,40,45-46H,12-13,15-16,27,29H2,1-11H3. The molecule has 260 valence electrons. The van der Waals surface area contributed by atoms with Crippen LogP contribution in [0, 0.1) is 17.8 Å². The Morgan fingerprint density at radius 3 is 1.82 bits per heavy atom. The highest BCUT2D eigenvalue weighted by molar-refractivity contribution is 8.33. The second kappa shape index (κ2) is 12.5. The molecule has 0 spiro atoms. The molecule has 0 aliphatic heterocycles. The van der Waals surface area contributed by atoms with Crippen LogP contribution in [0.5, 0.6) is 0 Å². The van der Waals surface area contributed by atoms with E-state index < -0.39 is 10.0 Å². The summed E-state index contributed by atoms with van der Waals surface area (Å²) >= 11 is 0. The van der Waals surface area contributed by atoms with Crippen LogP contribution >= 0.6 is 10.0 Å². The molecule has 0 fully saturated rings. The SMILES string of the molecule is CC(C)C1Cc2c(-c3ccc(C(C)(C)C)cc3)cccc2C1S(C)(C)C1c2cc3c(c(-c4ccc(C(C)(C)C)cc4)c2CC1C)CCCC3. The van der Waals surface area contributed by atoms with E-state index >= 15 is 0 Å². The third-order valence-electron chi connectivity index (χ3n) is 12.8. The van der Waals surface area contributed by atoms with Gasteiger partial charge in [-0.15, -0.1) is 0 Å². The minimum atomic E-state index is -1.09. The van der Waals surface area contributed by atoms with E-state index in [1.807, 2.05) is 0 Å². The van der Waals surface area contributed by atoms with Gasteiger partial charge in [-0.25, -0.2) is 10.0 Å². The van der Waals surface area contributed by atoms with E-state index in [1.165, 1.54) is 66.3 Å². The molecule has 0 bridgehead atoms. The van der Waals surface area contributed by atoms with Crippen molar-refractivity contribution >= 4 is 10.0 Å². The third kappa shape index (κ3) is 6.05. The van der Waals surface area contributed by atoms with Crippen molar-refractivity contribution in [2.75, 3.05) is 12.5 Å². The number of rotatable bonds is 5. The van der Waals surface area contributed by atoms with Crippen LogP contribution in [0.15, 0.2) is 72.8 Å². The molecule has 4 aromatic carbocycles. The zero-order valence-corrected chi connectivity index (χ0v) is 33.3. The summed E-state index contributed by atoms with van der Waals surface area (Å²) in [5.74, 6) is 1.98. The van der Waals surface area contributed by atoms with Gasteiger partial charge in [-0.05, 0) is 146 Å². The summed E-state index contributed by atoms with van der Waals surface area (Å²) in [6.45, 7) is 21.5. The zero-order valence-electron chi connectivity index (χ0n) is 32.5. The van der Waals surface area contributed by atoms with E-state index in [2.05, 4.69) is 148 Å². The minimum absolute atomic E-state index is 0.168. The molecule has 7 rings (SSSR count). The first kappa shape index (κ1) is 34.7. The van der Waals surface area contributed by atoms with Gasteiger partial charge in [0.25, 0.3) is 0 Å². The lowest BCUT2D eigenvalue weighted by Gasteiger charge is -2.49. The Morgan fingerprint density at radius 2 is 1.22 bits per heavy atom. The van der Waals surface area contributed by atoms with Gasteiger partial charge in [-0.1, -0.05) is 135 Å². The molecule has 0 nitrogen and oxygen atoms in total. The summed E-state index contributed by atoms with van der Waals surface area (Å²) in [4.78, 5) is 0. The summed E-state index contributed by atoms with van der Waals surface area (Å²) in [6.07, 6.45) is 13.0. The van der Waals surface area contributed by atoms with Gasteiger partial charge in [0.2, 0.25) is 0 Å². The van der Waals surface area contributed by atoms with E-state index in [4.69, 9.17) is 0 Å². The first-order chi connectivity index (χ1) is 23.1. The smallest absolute Gasteiger partial charge is 0.0177 e. The van der Waals surface area contributed by atoms with Crippen LogP contribution in [0.25, 0.3) is 22.3 Å². The Labute approximate surface area is 300 Å². The van der Waals surface area contributed by atoms with Gasteiger partial charge in [0.1, 0.15) is 0 Å². The van der Waals surface area contributed by atoms with Crippen LogP contribution in [0.4, 0.5) is 0 Å². The third-order valence-corrected chi connectivity index (χ3v) is 16.7. The van der Waals surface area contributed by atoms with Gasteiger partial charge in [0.15, 0.2) is 0 Å². The summed E-state index contributed by atoms with van der Waals surface area (Å²) in [5.41, 5.74) is 19.1. The van der Waals surface area contributed by atoms with Crippen molar-refractivity contribution < 1.29 is 0 Å². The van der Waals surface area contributed by atoms with Crippen LogP contribution < -0.4 is 0 Å². The maximum absolute atomic E-state index is 2.74. The summed E-state index contributed by atoms with van der Waals surface area (Å²) in [6, 6.07) is 29.3. The quantitative estimate of drug-likeness (QED) is 0.198. The molecule has 0 N–H and O–H groups in total. The summed E-state index contributed by atoms with van der Waals surface area (Å²) in [5, 5.41) is 1.23. The first-order valence-electron chi connectivity index (χ1n) is 19.3. The molecule has 4 atom stereocenters. The van der Waals surface area contributed by atoms with E-state index in [1.54, 1.807) is 38.9 Å². The van der Waals surface area contributed by atoms with Crippen molar-refractivity contribution in [3.8, 4) is 22.3 Å². The molecule has 1 heteroatoms. The highest BCUT2D eigenvalue weighted by Crippen LogP contribution is 2.74. The van der Waals surface area contributed by atoms with Crippen LogP contribution in [0.3, 0.4) is 0 Å². The van der Waals surface area contributed by atoms with Crippen molar-refractivity contribution in [1.82, 2.24) is 0 Å². The highest BCUT2D eigenvalue weighted by atomic mass is 32.3. The lowest BCUT2D eigenvalue weighted by Crippen LogP contribution is -2.25. The monoisotopic (exact) mass is 670 g/mol. The largest absolute Gasteiger partial charge is 0.233 e. The van der Waals surface area contributed by atoms with E-state index in [0.29, 0.717) is 28.3 Å². The number of hydrogen-bond acceptors (Lipinski definition) is 0. The highest BCUT2D eigenvalue weighted by Gasteiger charge is 2.49. The Balaban J connectivity index is 1.34. The number of benzene rings is 4. The molecule has 3 aliphatic carbocycles. The Morgan fingerprint density at radius 1 is 0.633 bits per heavy atom. The van der Waals surface area contributed by atoms with Crippen LogP contribution in [0.2, 0.25) is 0 Å². The van der Waals surface area contributed by atoms with Crippen molar-refractivity contribution in [2.45, 2.75) is 122 Å². The van der Waals surface area contributed by atoms with Crippen LogP contribution in [-0.4, -0.2) is 12.5 Å². The lowest BCUT2D eigenvalue weighted by atomic mass is 9.80. The average molecular weight is 671 g/mol. The zero-order chi connectivity index (χ0) is 35.0. The minimum Gasteiger partial charge on any atom is -0.233 e. The molecule has 0 heterocycles. The second-order valence-electron chi connectivity index (χ2n) is 18.8. The predicted molar refractivity (Wildman–Crippen MR) is 218 cm³/mol. The second-order valence-corrected chi connectivity index (χ2v) is 22.8. The van der Waals surface area contributed by atoms with Gasteiger partial charge < -0.3 is 0 Å². The van der Waals surface area contributed by atoms with E-state index in [9.17, 15) is 0 Å². The molecule has 4 unspecified atom stereocenters. The fourth-order valence-corrected chi connectivity index (χ4v) is 14.9. The molecule has 4 aromatic rings. The normalized spacial score (nSPS) is 22.6. The van der Waals surface area contributed by atoms with E-state index in [0.717, 1.165) is 0 Å². The number of fused-ring (bicyclic) bond motifs is 3. The lowest BCUT2D eigenvalue weighted by molar-refractivity contribution is 0.393. The van der Waals surface area contributed by atoms with Crippen molar-refractivity contribution in [1.29, 1.82) is 0 Å². The van der Waals surface area contributed by atoms with Crippen molar-refractivity contribution in [2.24, 2.45) is 17.8 Å². The van der Waals surface area contributed by atoms with Crippen molar-refractivity contribution in [3.63, 3.8) is 0 Å². The summed E-state index contributed by atoms with van der Waals surface area (Å²) < 4.78 is 0. The molecule has 49 heavy (non-hydrogen) atoms. The fourth-order valence-electron chi connectivity index (χ4n) is 10.2. The summed E-state index contributed by atoms with van der Waals surface area (Å²) in [7, 11) is -1.09. The molecular weight excluding hydrogens is 609 g/mol. The molecule has 0 saturated heterocycles. The average Bonchev–Trinajstić information content (AvgIpc) is 3.61. The molecule has 0 amide bonds. The maximum atomic E-state index is 2.74. The topological polar surface area (TPSA) is 0 Å². The number of aryl methyl sites for hydroxylation is 1. The van der Waals surface area contributed by atoms with Gasteiger partial charge in [0.05, 0.1) is 0 Å². The van der Waals surface area contributed by atoms with Gasteiger partial charge in [-0.2, -0.15) is 0 Å². The van der Waals surface area contributed by atoms with Gasteiger partial charge in [-0.3, -0.25) is 0 Å². The predicted octanol–water partition coefficient (Wildman–Crippen LogP) is 13.4. The molecule has 0 radical (unpaired) electrons. The molecule has 3 aliphatic rings. The van der Waals surface area contributed by atoms with Crippen LogP contribution in [-0.2, 0) is 36.5 Å². The van der Waals surface area contributed by atoms with E-state index in [-0.39, 0.29) is 10.8 Å².